The Kier molecular flexibility index (Phi) is 2.05. The SMILES string of the molecule is CCc1cc(Br)cc2c1C=CC2. The van der Waals surface area contributed by atoms with Crippen molar-refractivity contribution in [3.05, 3.63) is 39.4 Å². The van der Waals surface area contributed by atoms with Crippen LogP contribution < -0.4 is 0 Å². The number of fused-ring (bicyclic) bond motifs is 1. The van der Waals surface area contributed by atoms with Gasteiger partial charge >= 0.3 is 0 Å². The van der Waals surface area contributed by atoms with Crippen molar-refractivity contribution in [2.75, 3.05) is 0 Å². The quantitative estimate of drug-likeness (QED) is 0.682. The fourth-order valence-corrected chi connectivity index (χ4v) is 2.27. The van der Waals surface area contributed by atoms with E-state index in [0.29, 0.717) is 0 Å². The summed E-state index contributed by atoms with van der Waals surface area (Å²) in [6.07, 6.45) is 6.69. The van der Waals surface area contributed by atoms with Crippen LogP contribution in [0.3, 0.4) is 0 Å². The van der Waals surface area contributed by atoms with Crippen LogP contribution in [0.25, 0.3) is 6.08 Å². The van der Waals surface area contributed by atoms with Crippen molar-refractivity contribution in [1.29, 1.82) is 0 Å². The van der Waals surface area contributed by atoms with Gasteiger partial charge in [0.15, 0.2) is 0 Å². The lowest BCUT2D eigenvalue weighted by atomic mass is 10.0. The molecule has 1 aromatic rings. The Morgan fingerprint density at radius 1 is 1.42 bits per heavy atom. The molecular weight excluding hydrogens is 212 g/mol. The lowest BCUT2D eigenvalue weighted by Gasteiger charge is -2.06. The molecule has 0 saturated carbocycles. The first kappa shape index (κ1) is 8.06. The van der Waals surface area contributed by atoms with Gasteiger partial charge in [-0.15, -0.1) is 0 Å². The van der Waals surface area contributed by atoms with Crippen LogP contribution in [0.5, 0.6) is 0 Å². The third kappa shape index (κ3) is 1.22. The molecule has 62 valence electrons. The van der Waals surface area contributed by atoms with Gasteiger partial charge in [0.25, 0.3) is 0 Å². The van der Waals surface area contributed by atoms with Gasteiger partial charge in [-0.2, -0.15) is 0 Å². The number of halogens is 1. The third-order valence-corrected chi connectivity index (χ3v) is 2.78. The molecule has 1 heteroatoms. The van der Waals surface area contributed by atoms with Crippen LogP contribution in [0.2, 0.25) is 0 Å². The Balaban J connectivity index is 2.60. The summed E-state index contributed by atoms with van der Waals surface area (Å²) in [5.74, 6) is 0. The highest BCUT2D eigenvalue weighted by Gasteiger charge is 2.09. The number of allylic oxidation sites excluding steroid dienone is 1. The zero-order valence-electron chi connectivity index (χ0n) is 7.10. The van der Waals surface area contributed by atoms with Crippen LogP contribution in [-0.2, 0) is 12.8 Å². The Hall–Kier alpha value is -0.560. The molecule has 0 spiro atoms. The first-order valence-electron chi connectivity index (χ1n) is 4.29. The lowest BCUT2D eigenvalue weighted by Crippen LogP contribution is -1.89. The molecule has 2 rings (SSSR count). The summed E-state index contributed by atoms with van der Waals surface area (Å²) in [5, 5.41) is 0. The summed E-state index contributed by atoms with van der Waals surface area (Å²) in [6.45, 7) is 2.20. The van der Waals surface area contributed by atoms with Gasteiger partial charge in [-0.25, -0.2) is 0 Å². The van der Waals surface area contributed by atoms with Gasteiger partial charge in [0.2, 0.25) is 0 Å². The Morgan fingerprint density at radius 2 is 2.25 bits per heavy atom. The Labute approximate surface area is 81.4 Å². The summed E-state index contributed by atoms with van der Waals surface area (Å²) < 4.78 is 1.21. The summed E-state index contributed by atoms with van der Waals surface area (Å²) in [6, 6.07) is 4.43. The van der Waals surface area contributed by atoms with Gasteiger partial charge in [-0.3, -0.25) is 0 Å². The van der Waals surface area contributed by atoms with Crippen LogP contribution in [0, 0.1) is 0 Å². The molecule has 0 amide bonds. The molecule has 0 fully saturated rings. The van der Waals surface area contributed by atoms with E-state index >= 15 is 0 Å². The second-order valence-electron chi connectivity index (χ2n) is 3.10. The first-order chi connectivity index (χ1) is 5.81. The number of benzene rings is 1. The highest BCUT2D eigenvalue weighted by molar-refractivity contribution is 9.10. The standard InChI is InChI=1S/C11H11Br/c1-2-8-6-10(12)7-9-4-3-5-11(8)9/h3,5-7H,2,4H2,1H3. The van der Waals surface area contributed by atoms with E-state index in [0.717, 1.165) is 12.8 Å². The molecule has 0 aromatic heterocycles. The Morgan fingerprint density at radius 3 is 3.00 bits per heavy atom. The second kappa shape index (κ2) is 3.06. The molecule has 0 atom stereocenters. The van der Waals surface area contributed by atoms with Crippen molar-refractivity contribution >= 4 is 22.0 Å². The van der Waals surface area contributed by atoms with E-state index in [1.54, 1.807) is 0 Å². The van der Waals surface area contributed by atoms with Gasteiger partial charge in [-0.1, -0.05) is 35.0 Å². The maximum atomic E-state index is 3.53. The zero-order valence-corrected chi connectivity index (χ0v) is 8.69. The largest absolute Gasteiger partial charge is 0.0795 e. The zero-order chi connectivity index (χ0) is 8.55. The van der Waals surface area contributed by atoms with Crippen molar-refractivity contribution in [3.63, 3.8) is 0 Å². The van der Waals surface area contributed by atoms with Gasteiger partial charge in [0, 0.05) is 4.47 Å². The van der Waals surface area contributed by atoms with Crippen LogP contribution in [0.15, 0.2) is 22.7 Å². The predicted octanol–water partition coefficient (Wildman–Crippen LogP) is 3.58. The minimum atomic E-state index is 1.10. The number of hydrogen-bond acceptors (Lipinski definition) is 0. The van der Waals surface area contributed by atoms with Gasteiger partial charge < -0.3 is 0 Å². The molecule has 0 heterocycles. The van der Waals surface area contributed by atoms with Crippen molar-refractivity contribution in [2.45, 2.75) is 19.8 Å². The van der Waals surface area contributed by atoms with Crippen LogP contribution >= 0.6 is 15.9 Å². The fourth-order valence-electron chi connectivity index (χ4n) is 1.72. The smallest absolute Gasteiger partial charge is 0.0181 e. The normalized spacial score (nSPS) is 13.5. The molecule has 0 nitrogen and oxygen atoms in total. The number of aryl methyl sites for hydroxylation is 1. The molecular formula is C11H11Br. The Bertz CT molecular complexity index is 337. The lowest BCUT2D eigenvalue weighted by molar-refractivity contribution is 1.12. The minimum Gasteiger partial charge on any atom is -0.0795 e. The summed E-state index contributed by atoms with van der Waals surface area (Å²) in [7, 11) is 0. The van der Waals surface area contributed by atoms with E-state index in [1.807, 2.05) is 0 Å². The van der Waals surface area contributed by atoms with Crippen molar-refractivity contribution in [1.82, 2.24) is 0 Å². The molecule has 0 unspecified atom stereocenters. The van der Waals surface area contributed by atoms with Gasteiger partial charge in [0.05, 0.1) is 0 Å². The maximum absolute atomic E-state index is 3.53. The van der Waals surface area contributed by atoms with Gasteiger partial charge in [-0.05, 0) is 41.7 Å². The molecule has 1 aliphatic carbocycles. The van der Waals surface area contributed by atoms with Gasteiger partial charge in [0.1, 0.15) is 0 Å². The molecule has 0 saturated heterocycles. The molecule has 0 radical (unpaired) electrons. The molecule has 1 aromatic carbocycles. The average molecular weight is 223 g/mol. The van der Waals surface area contributed by atoms with E-state index in [9.17, 15) is 0 Å². The van der Waals surface area contributed by atoms with Crippen molar-refractivity contribution in [2.24, 2.45) is 0 Å². The maximum Gasteiger partial charge on any atom is 0.0181 e. The topological polar surface area (TPSA) is 0 Å². The van der Waals surface area contributed by atoms with Crippen molar-refractivity contribution < 1.29 is 0 Å². The monoisotopic (exact) mass is 222 g/mol. The van der Waals surface area contributed by atoms with E-state index in [2.05, 4.69) is 47.1 Å². The molecule has 1 aliphatic rings. The highest BCUT2D eigenvalue weighted by atomic mass is 79.9. The third-order valence-electron chi connectivity index (χ3n) is 2.32. The summed E-state index contributed by atoms with van der Waals surface area (Å²) in [5.41, 5.74) is 4.36. The highest BCUT2D eigenvalue weighted by Crippen LogP contribution is 2.27. The number of hydrogen-bond donors (Lipinski definition) is 0. The summed E-state index contributed by atoms with van der Waals surface area (Å²) >= 11 is 3.53. The van der Waals surface area contributed by atoms with Crippen LogP contribution in [-0.4, -0.2) is 0 Å². The van der Waals surface area contributed by atoms with Crippen LogP contribution in [0.4, 0.5) is 0 Å². The summed E-state index contributed by atoms with van der Waals surface area (Å²) in [4.78, 5) is 0. The molecule has 12 heavy (non-hydrogen) atoms. The second-order valence-corrected chi connectivity index (χ2v) is 4.01. The average Bonchev–Trinajstić information content (AvgIpc) is 2.50. The molecule has 0 N–H and O–H groups in total. The fraction of sp³-hybridized carbons (Fsp3) is 0.273. The van der Waals surface area contributed by atoms with E-state index < -0.39 is 0 Å². The predicted molar refractivity (Wildman–Crippen MR) is 56.3 cm³/mol. The molecule has 0 aliphatic heterocycles. The first-order valence-corrected chi connectivity index (χ1v) is 5.08. The molecule has 0 bridgehead atoms. The van der Waals surface area contributed by atoms with E-state index in [-0.39, 0.29) is 0 Å². The number of rotatable bonds is 1. The van der Waals surface area contributed by atoms with E-state index in [4.69, 9.17) is 0 Å². The van der Waals surface area contributed by atoms with E-state index in [1.165, 1.54) is 21.2 Å². The minimum absolute atomic E-state index is 1.10. The van der Waals surface area contributed by atoms with Crippen molar-refractivity contribution in [3.8, 4) is 0 Å². The van der Waals surface area contributed by atoms with Crippen LogP contribution in [0.1, 0.15) is 23.6 Å².